The molecule has 0 radical (unpaired) electrons. The highest BCUT2D eigenvalue weighted by atomic mass is 16.7. The van der Waals surface area contributed by atoms with Gasteiger partial charge in [0.15, 0.2) is 17.6 Å². The van der Waals surface area contributed by atoms with Crippen molar-refractivity contribution in [2.24, 2.45) is 0 Å². The predicted octanol–water partition coefficient (Wildman–Crippen LogP) is 3.18. The molecular formula is C22H24N2O5. The molecular weight excluding hydrogens is 372 g/mol. The van der Waals surface area contributed by atoms with Crippen molar-refractivity contribution in [2.75, 3.05) is 6.79 Å². The lowest BCUT2D eigenvalue weighted by molar-refractivity contribution is -0.144. The lowest BCUT2D eigenvalue weighted by Gasteiger charge is -2.39. The number of hydrogen-bond donors (Lipinski definition) is 0. The first kappa shape index (κ1) is 18.1. The third-order valence-electron chi connectivity index (χ3n) is 5.87. The Morgan fingerprint density at radius 2 is 1.93 bits per heavy atom. The maximum absolute atomic E-state index is 13.2. The number of amides is 1. The molecule has 2 saturated heterocycles. The summed E-state index contributed by atoms with van der Waals surface area (Å²) in [6.45, 7) is 2.02. The summed E-state index contributed by atoms with van der Waals surface area (Å²) in [6.07, 6.45) is 4.94. The van der Waals surface area contributed by atoms with Gasteiger partial charge in [-0.1, -0.05) is 6.07 Å². The van der Waals surface area contributed by atoms with E-state index in [0.717, 1.165) is 25.7 Å². The molecule has 0 saturated carbocycles. The van der Waals surface area contributed by atoms with Crippen LogP contribution in [0.5, 0.6) is 23.1 Å². The molecule has 2 fully saturated rings. The lowest BCUT2D eigenvalue weighted by atomic mass is 9.99. The molecule has 3 unspecified atom stereocenters. The molecule has 0 N–H and O–H groups in total. The van der Waals surface area contributed by atoms with Crippen molar-refractivity contribution in [3.8, 4) is 23.1 Å². The molecule has 4 heterocycles. The number of rotatable bonds is 5. The zero-order valence-electron chi connectivity index (χ0n) is 16.3. The van der Waals surface area contributed by atoms with Crippen LogP contribution in [0.4, 0.5) is 0 Å². The van der Waals surface area contributed by atoms with Gasteiger partial charge in [-0.2, -0.15) is 0 Å². The van der Waals surface area contributed by atoms with Crippen molar-refractivity contribution < 1.29 is 23.7 Å². The van der Waals surface area contributed by atoms with Crippen molar-refractivity contribution in [1.82, 2.24) is 9.88 Å². The van der Waals surface area contributed by atoms with Crippen molar-refractivity contribution >= 4 is 5.91 Å². The summed E-state index contributed by atoms with van der Waals surface area (Å²) in [6, 6.07) is 11.4. The van der Waals surface area contributed by atoms with Gasteiger partial charge in [0.1, 0.15) is 11.9 Å². The molecule has 3 atom stereocenters. The van der Waals surface area contributed by atoms with Crippen molar-refractivity contribution in [2.45, 2.75) is 56.9 Å². The van der Waals surface area contributed by atoms with E-state index < -0.39 is 6.10 Å². The molecule has 5 rings (SSSR count). The van der Waals surface area contributed by atoms with Crippen LogP contribution in [0.25, 0.3) is 0 Å². The molecule has 0 spiro atoms. The van der Waals surface area contributed by atoms with Crippen LogP contribution in [0.1, 0.15) is 32.6 Å². The highest BCUT2D eigenvalue weighted by Crippen LogP contribution is 2.39. The van der Waals surface area contributed by atoms with E-state index >= 15 is 0 Å². The Labute approximate surface area is 169 Å². The standard InChI is InChI=1S/C22H24N2O5/c1-14(28-17-7-8-19-20(12-17)27-13-26-19)22(25)24-15-5-6-16(24)11-18(10-15)29-21-4-2-3-9-23-21/h2-4,7-9,12,14-16,18H,5-6,10-11,13H2,1H3. The van der Waals surface area contributed by atoms with Crippen molar-refractivity contribution in [3.63, 3.8) is 0 Å². The highest BCUT2D eigenvalue weighted by molar-refractivity contribution is 5.82. The van der Waals surface area contributed by atoms with E-state index in [9.17, 15) is 4.79 Å². The number of carbonyl (C=O) groups is 1. The minimum absolute atomic E-state index is 0.0338. The monoisotopic (exact) mass is 396 g/mol. The van der Waals surface area contributed by atoms with E-state index in [1.807, 2.05) is 30.0 Å². The van der Waals surface area contributed by atoms with Gasteiger partial charge in [0.2, 0.25) is 12.7 Å². The van der Waals surface area contributed by atoms with Crippen LogP contribution in [-0.2, 0) is 4.79 Å². The molecule has 0 aliphatic carbocycles. The Morgan fingerprint density at radius 3 is 2.69 bits per heavy atom. The van der Waals surface area contributed by atoms with Gasteiger partial charge in [0, 0.05) is 43.3 Å². The molecule has 1 amide bonds. The van der Waals surface area contributed by atoms with E-state index in [1.165, 1.54) is 0 Å². The van der Waals surface area contributed by atoms with Gasteiger partial charge in [0.05, 0.1) is 0 Å². The number of ether oxygens (including phenoxy) is 4. The van der Waals surface area contributed by atoms with Crippen molar-refractivity contribution in [1.29, 1.82) is 0 Å². The van der Waals surface area contributed by atoms with Gasteiger partial charge in [-0.05, 0) is 38.0 Å². The first-order valence-corrected chi connectivity index (χ1v) is 10.1. The van der Waals surface area contributed by atoms with E-state index in [2.05, 4.69) is 4.98 Å². The van der Waals surface area contributed by atoms with Crippen LogP contribution in [0, 0.1) is 0 Å². The Kier molecular flexibility index (Phi) is 4.66. The molecule has 1 aromatic carbocycles. The average molecular weight is 396 g/mol. The van der Waals surface area contributed by atoms with Gasteiger partial charge in [-0.15, -0.1) is 0 Å². The molecule has 3 aliphatic heterocycles. The summed E-state index contributed by atoms with van der Waals surface area (Å²) in [5, 5.41) is 0. The first-order chi connectivity index (χ1) is 14.2. The van der Waals surface area contributed by atoms with E-state index in [-0.39, 0.29) is 30.9 Å². The number of hydrogen-bond acceptors (Lipinski definition) is 6. The normalized spacial score (nSPS) is 25.6. The van der Waals surface area contributed by atoms with Crippen LogP contribution in [0.15, 0.2) is 42.6 Å². The molecule has 7 heteroatoms. The number of carbonyl (C=O) groups excluding carboxylic acids is 1. The molecule has 1 aromatic heterocycles. The fourth-order valence-electron chi connectivity index (χ4n) is 4.59. The number of aromatic nitrogens is 1. The SMILES string of the molecule is CC(Oc1ccc2c(c1)OCO2)C(=O)N1C2CCC1CC(Oc1ccccn1)C2. The molecule has 152 valence electrons. The van der Waals surface area contributed by atoms with Gasteiger partial charge in [0.25, 0.3) is 5.91 Å². The summed E-state index contributed by atoms with van der Waals surface area (Å²) in [4.78, 5) is 19.4. The largest absolute Gasteiger partial charge is 0.481 e. The van der Waals surface area contributed by atoms with Gasteiger partial charge < -0.3 is 23.8 Å². The summed E-state index contributed by atoms with van der Waals surface area (Å²) < 4.78 is 22.7. The minimum Gasteiger partial charge on any atom is -0.481 e. The maximum atomic E-state index is 13.2. The fraction of sp³-hybridized carbons (Fsp3) is 0.455. The first-order valence-electron chi connectivity index (χ1n) is 10.1. The number of fused-ring (bicyclic) bond motifs is 3. The van der Waals surface area contributed by atoms with Gasteiger partial charge >= 0.3 is 0 Å². The van der Waals surface area contributed by atoms with Gasteiger partial charge in [-0.25, -0.2) is 4.98 Å². The van der Waals surface area contributed by atoms with Crippen LogP contribution in [0.2, 0.25) is 0 Å². The smallest absolute Gasteiger partial charge is 0.263 e. The third kappa shape index (κ3) is 3.57. The number of nitrogens with zero attached hydrogens (tertiary/aromatic N) is 2. The van der Waals surface area contributed by atoms with E-state index in [0.29, 0.717) is 23.1 Å². The summed E-state index contributed by atoms with van der Waals surface area (Å²) in [5.41, 5.74) is 0. The zero-order chi connectivity index (χ0) is 19.8. The molecule has 7 nitrogen and oxygen atoms in total. The fourth-order valence-corrected chi connectivity index (χ4v) is 4.59. The van der Waals surface area contributed by atoms with Crippen LogP contribution in [0.3, 0.4) is 0 Å². The van der Waals surface area contributed by atoms with Crippen LogP contribution >= 0.6 is 0 Å². The molecule has 2 aromatic rings. The maximum Gasteiger partial charge on any atom is 0.263 e. The number of pyridine rings is 1. The highest BCUT2D eigenvalue weighted by Gasteiger charge is 2.45. The summed E-state index contributed by atoms with van der Waals surface area (Å²) in [5.74, 6) is 2.64. The van der Waals surface area contributed by atoms with Crippen molar-refractivity contribution in [3.05, 3.63) is 42.6 Å². The third-order valence-corrected chi connectivity index (χ3v) is 5.87. The Balaban J connectivity index is 1.22. The summed E-state index contributed by atoms with van der Waals surface area (Å²) >= 11 is 0. The second-order valence-electron chi connectivity index (χ2n) is 7.78. The molecule has 2 bridgehead atoms. The Hall–Kier alpha value is -2.96. The minimum atomic E-state index is -0.563. The second-order valence-corrected chi connectivity index (χ2v) is 7.78. The lowest BCUT2D eigenvalue weighted by Crippen LogP contribution is -2.52. The quantitative estimate of drug-likeness (QED) is 0.773. The van der Waals surface area contributed by atoms with E-state index in [4.69, 9.17) is 18.9 Å². The zero-order valence-corrected chi connectivity index (χ0v) is 16.3. The number of benzene rings is 1. The summed E-state index contributed by atoms with van der Waals surface area (Å²) in [7, 11) is 0. The number of piperidine rings is 1. The Morgan fingerprint density at radius 1 is 1.14 bits per heavy atom. The molecule has 3 aliphatic rings. The van der Waals surface area contributed by atoms with Gasteiger partial charge in [-0.3, -0.25) is 4.79 Å². The van der Waals surface area contributed by atoms with Crippen LogP contribution in [-0.4, -0.2) is 46.9 Å². The molecule has 29 heavy (non-hydrogen) atoms. The van der Waals surface area contributed by atoms with E-state index in [1.54, 1.807) is 24.4 Å². The second kappa shape index (κ2) is 7.46. The predicted molar refractivity (Wildman–Crippen MR) is 104 cm³/mol. The average Bonchev–Trinajstić information content (AvgIpc) is 3.30. The topological polar surface area (TPSA) is 70.1 Å². The Bertz CT molecular complexity index is 876. The van der Waals surface area contributed by atoms with Crippen LogP contribution < -0.4 is 18.9 Å².